The van der Waals surface area contributed by atoms with Crippen molar-refractivity contribution in [2.45, 2.75) is 32.9 Å². The molecular formula is C15H19N3O2S. The van der Waals surface area contributed by atoms with E-state index >= 15 is 0 Å². The standard InChI is InChI=1S/C15H19N3O2S/c1-15(2,3)16-9-13-17-18-14(21-13)10-4-5-11-12(8-10)20-7-6-19-11/h4-5,8,16H,6-7,9H2,1-3H3. The highest BCUT2D eigenvalue weighted by molar-refractivity contribution is 7.14. The molecule has 0 saturated carbocycles. The van der Waals surface area contributed by atoms with Crippen LogP contribution in [0.5, 0.6) is 11.5 Å². The summed E-state index contributed by atoms with van der Waals surface area (Å²) in [4.78, 5) is 0. The molecule has 0 amide bonds. The third-order valence-corrected chi connectivity index (χ3v) is 4.00. The largest absolute Gasteiger partial charge is 0.486 e. The number of fused-ring (bicyclic) bond motifs is 1. The molecule has 0 bridgehead atoms. The molecule has 0 atom stereocenters. The Morgan fingerprint density at radius 1 is 1.14 bits per heavy atom. The Morgan fingerprint density at radius 3 is 2.67 bits per heavy atom. The summed E-state index contributed by atoms with van der Waals surface area (Å²) in [5, 5.41) is 13.8. The van der Waals surface area contributed by atoms with Crippen LogP contribution in [0.15, 0.2) is 18.2 Å². The van der Waals surface area contributed by atoms with E-state index in [1.54, 1.807) is 11.3 Å². The molecule has 0 saturated heterocycles. The topological polar surface area (TPSA) is 56.3 Å². The van der Waals surface area contributed by atoms with Crippen LogP contribution < -0.4 is 14.8 Å². The predicted octanol–water partition coefficient (Wildman–Crippen LogP) is 2.86. The SMILES string of the molecule is CC(C)(C)NCc1nnc(-c2ccc3c(c2)OCCO3)s1. The zero-order valence-electron chi connectivity index (χ0n) is 12.5. The molecule has 1 aromatic carbocycles. The Balaban J connectivity index is 1.77. The fraction of sp³-hybridized carbons (Fsp3) is 0.467. The molecule has 0 aliphatic carbocycles. The van der Waals surface area contributed by atoms with Crippen LogP contribution in [0.4, 0.5) is 0 Å². The first-order valence-electron chi connectivity index (χ1n) is 6.99. The van der Waals surface area contributed by atoms with E-state index < -0.39 is 0 Å². The van der Waals surface area contributed by atoms with E-state index in [4.69, 9.17) is 9.47 Å². The summed E-state index contributed by atoms with van der Waals surface area (Å²) in [5.41, 5.74) is 1.08. The van der Waals surface area contributed by atoms with Crippen LogP contribution in [0.25, 0.3) is 10.6 Å². The highest BCUT2D eigenvalue weighted by Gasteiger charge is 2.15. The van der Waals surface area contributed by atoms with Crippen molar-refractivity contribution in [1.29, 1.82) is 0 Å². The molecule has 2 heterocycles. The van der Waals surface area contributed by atoms with Crippen molar-refractivity contribution in [3.8, 4) is 22.1 Å². The predicted molar refractivity (Wildman–Crippen MR) is 82.9 cm³/mol. The van der Waals surface area contributed by atoms with Gasteiger partial charge < -0.3 is 14.8 Å². The van der Waals surface area contributed by atoms with E-state index in [2.05, 4.69) is 36.3 Å². The molecule has 6 heteroatoms. The maximum atomic E-state index is 5.60. The van der Waals surface area contributed by atoms with Crippen LogP contribution >= 0.6 is 11.3 Å². The third kappa shape index (κ3) is 3.51. The van der Waals surface area contributed by atoms with Gasteiger partial charge in [-0.2, -0.15) is 0 Å². The molecule has 5 nitrogen and oxygen atoms in total. The minimum absolute atomic E-state index is 0.0723. The summed E-state index contributed by atoms with van der Waals surface area (Å²) in [5.74, 6) is 1.58. The zero-order chi connectivity index (χ0) is 14.9. The fourth-order valence-electron chi connectivity index (χ4n) is 1.96. The molecule has 21 heavy (non-hydrogen) atoms. The van der Waals surface area contributed by atoms with Crippen LogP contribution in [0, 0.1) is 0 Å². The van der Waals surface area contributed by atoms with Gasteiger partial charge in [-0.1, -0.05) is 11.3 Å². The third-order valence-electron chi connectivity index (χ3n) is 3.03. The highest BCUT2D eigenvalue weighted by atomic mass is 32.1. The molecule has 1 N–H and O–H groups in total. The van der Waals surface area contributed by atoms with E-state index in [1.165, 1.54) is 0 Å². The molecule has 0 fully saturated rings. The van der Waals surface area contributed by atoms with Crippen molar-refractivity contribution >= 4 is 11.3 Å². The quantitative estimate of drug-likeness (QED) is 0.945. The lowest BCUT2D eigenvalue weighted by molar-refractivity contribution is 0.171. The Labute approximate surface area is 128 Å². The van der Waals surface area contributed by atoms with E-state index in [-0.39, 0.29) is 5.54 Å². The van der Waals surface area contributed by atoms with Gasteiger partial charge in [0.05, 0.1) is 6.54 Å². The molecule has 0 radical (unpaired) electrons. The molecule has 2 aromatic rings. The smallest absolute Gasteiger partial charge is 0.162 e. The van der Waals surface area contributed by atoms with Gasteiger partial charge in [-0.05, 0) is 39.0 Å². The summed E-state index contributed by atoms with van der Waals surface area (Å²) >= 11 is 1.60. The number of hydrogen-bond donors (Lipinski definition) is 1. The van der Waals surface area contributed by atoms with Crippen molar-refractivity contribution in [3.63, 3.8) is 0 Å². The summed E-state index contributed by atoms with van der Waals surface area (Å²) in [7, 11) is 0. The summed E-state index contributed by atoms with van der Waals surface area (Å²) in [6.07, 6.45) is 0. The van der Waals surface area contributed by atoms with Crippen molar-refractivity contribution in [3.05, 3.63) is 23.2 Å². The van der Waals surface area contributed by atoms with Gasteiger partial charge in [0.15, 0.2) is 11.5 Å². The second-order valence-electron chi connectivity index (χ2n) is 5.96. The second kappa shape index (κ2) is 5.61. The van der Waals surface area contributed by atoms with Crippen LogP contribution in [-0.2, 0) is 6.54 Å². The van der Waals surface area contributed by atoms with Gasteiger partial charge in [-0.3, -0.25) is 0 Å². The maximum Gasteiger partial charge on any atom is 0.162 e. The Hall–Kier alpha value is -1.66. The zero-order valence-corrected chi connectivity index (χ0v) is 13.3. The lowest BCUT2D eigenvalue weighted by atomic mass is 10.1. The lowest BCUT2D eigenvalue weighted by Gasteiger charge is -2.19. The number of nitrogens with zero attached hydrogens (tertiary/aromatic N) is 2. The van der Waals surface area contributed by atoms with E-state index in [0.29, 0.717) is 13.2 Å². The first-order chi connectivity index (χ1) is 10.0. The van der Waals surface area contributed by atoms with Gasteiger partial charge in [0, 0.05) is 11.1 Å². The number of rotatable bonds is 3. The number of benzene rings is 1. The summed E-state index contributed by atoms with van der Waals surface area (Å²) < 4.78 is 11.1. The number of nitrogens with one attached hydrogen (secondary N) is 1. The van der Waals surface area contributed by atoms with Crippen LogP contribution in [0.1, 0.15) is 25.8 Å². The molecule has 3 rings (SSSR count). The first-order valence-corrected chi connectivity index (χ1v) is 7.80. The van der Waals surface area contributed by atoms with Crippen LogP contribution in [-0.4, -0.2) is 29.0 Å². The van der Waals surface area contributed by atoms with Gasteiger partial charge >= 0.3 is 0 Å². The minimum atomic E-state index is 0.0723. The van der Waals surface area contributed by atoms with E-state index in [9.17, 15) is 0 Å². The van der Waals surface area contributed by atoms with Gasteiger partial charge in [-0.25, -0.2) is 0 Å². The van der Waals surface area contributed by atoms with Crippen molar-refractivity contribution in [2.75, 3.05) is 13.2 Å². The van der Waals surface area contributed by atoms with Crippen molar-refractivity contribution in [1.82, 2.24) is 15.5 Å². The van der Waals surface area contributed by atoms with Crippen LogP contribution in [0.2, 0.25) is 0 Å². The average Bonchev–Trinajstić information content (AvgIpc) is 2.93. The Kier molecular flexibility index (Phi) is 3.82. The second-order valence-corrected chi connectivity index (χ2v) is 7.03. The average molecular weight is 305 g/mol. The monoisotopic (exact) mass is 305 g/mol. The molecule has 1 aromatic heterocycles. The number of aromatic nitrogens is 2. The van der Waals surface area contributed by atoms with Crippen molar-refractivity contribution in [2.24, 2.45) is 0 Å². The van der Waals surface area contributed by atoms with Gasteiger partial charge in [0.2, 0.25) is 0 Å². The Bertz CT molecular complexity index is 634. The highest BCUT2D eigenvalue weighted by Crippen LogP contribution is 2.35. The molecule has 112 valence electrons. The number of ether oxygens (including phenoxy) is 2. The van der Waals surface area contributed by atoms with Gasteiger partial charge in [-0.15, -0.1) is 10.2 Å². The van der Waals surface area contributed by atoms with Crippen molar-refractivity contribution < 1.29 is 9.47 Å². The summed E-state index contributed by atoms with van der Waals surface area (Å²) in [6, 6.07) is 5.89. The molecule has 1 aliphatic rings. The number of hydrogen-bond acceptors (Lipinski definition) is 6. The normalized spacial score (nSPS) is 14.2. The maximum absolute atomic E-state index is 5.60. The minimum Gasteiger partial charge on any atom is -0.486 e. The molecule has 0 unspecified atom stereocenters. The summed E-state index contributed by atoms with van der Waals surface area (Å²) in [6.45, 7) is 8.33. The molecule has 1 aliphatic heterocycles. The van der Waals surface area contributed by atoms with Crippen LogP contribution in [0.3, 0.4) is 0 Å². The van der Waals surface area contributed by atoms with E-state index in [0.717, 1.165) is 33.6 Å². The van der Waals surface area contributed by atoms with Gasteiger partial charge in [0.25, 0.3) is 0 Å². The molecule has 0 spiro atoms. The first kappa shape index (κ1) is 14.3. The lowest BCUT2D eigenvalue weighted by Crippen LogP contribution is -2.35. The van der Waals surface area contributed by atoms with Gasteiger partial charge in [0.1, 0.15) is 23.2 Å². The fourth-order valence-corrected chi connectivity index (χ4v) is 2.73. The molecular weight excluding hydrogens is 286 g/mol. The van der Waals surface area contributed by atoms with E-state index in [1.807, 2.05) is 18.2 Å². The Morgan fingerprint density at radius 2 is 1.90 bits per heavy atom.